The molecular weight excluding hydrogens is 458 g/mol. The Bertz CT molecular complexity index is 927. The largest absolute Gasteiger partial charge is 0.481 e. The van der Waals surface area contributed by atoms with Gasteiger partial charge in [0, 0.05) is 31.9 Å². The van der Waals surface area contributed by atoms with E-state index in [-0.39, 0.29) is 30.6 Å². The van der Waals surface area contributed by atoms with Crippen molar-refractivity contribution in [1.29, 1.82) is 5.41 Å². The van der Waals surface area contributed by atoms with Gasteiger partial charge in [0.25, 0.3) is 5.97 Å². The number of carbonyl (C=O) groups excluding carboxylic acids is 3. The fourth-order valence-electron chi connectivity index (χ4n) is 2.98. The third kappa shape index (κ3) is 11.1. The Kier molecular flexibility index (Phi) is 12.5. The molecule has 0 aromatic heterocycles. The van der Waals surface area contributed by atoms with Crippen LogP contribution < -0.4 is 16.4 Å². The maximum atomic E-state index is 12.3. The highest BCUT2D eigenvalue weighted by atomic mass is 16.6. The molecule has 1 heterocycles. The lowest BCUT2D eigenvalue weighted by Gasteiger charge is -2.17. The van der Waals surface area contributed by atoms with Crippen LogP contribution in [0.3, 0.4) is 0 Å². The van der Waals surface area contributed by atoms with Gasteiger partial charge in [0.15, 0.2) is 0 Å². The number of benzene rings is 1. The van der Waals surface area contributed by atoms with Crippen molar-refractivity contribution >= 4 is 35.3 Å². The zero-order valence-electron chi connectivity index (χ0n) is 20.1. The minimum Gasteiger partial charge on any atom is -0.481 e. The number of hydrogen-bond donors (Lipinski definition) is 5. The molecule has 2 unspecified atom stereocenters. The van der Waals surface area contributed by atoms with Crippen LogP contribution in [0, 0.1) is 5.41 Å². The van der Waals surface area contributed by atoms with Gasteiger partial charge in [-0.15, -0.1) is 0 Å². The number of methoxy groups -OCH3 is 1. The highest BCUT2D eigenvalue weighted by molar-refractivity contribution is 6.02. The number of nitrogens with zero attached hydrogens (tertiary/aromatic N) is 1. The lowest BCUT2D eigenvalue weighted by molar-refractivity contribution is -0.145. The average Bonchev–Trinajstić information content (AvgIpc) is 3.27. The van der Waals surface area contributed by atoms with Crippen molar-refractivity contribution < 1.29 is 33.9 Å². The van der Waals surface area contributed by atoms with Crippen LogP contribution in [0.25, 0.3) is 0 Å². The fraction of sp³-hybridized carbons (Fsp3) is 0.478. The monoisotopic (exact) mass is 491 g/mol. The molecule has 35 heavy (non-hydrogen) atoms. The summed E-state index contributed by atoms with van der Waals surface area (Å²) in [4.78, 5) is 50.4. The number of nitrogen functional groups attached to an aromatic ring is 1. The predicted molar refractivity (Wildman–Crippen MR) is 128 cm³/mol. The maximum absolute atomic E-state index is 12.3. The molecule has 1 aliphatic rings. The van der Waals surface area contributed by atoms with Crippen molar-refractivity contribution in [2.45, 2.75) is 58.1 Å². The third-order valence-corrected chi connectivity index (χ3v) is 4.76. The molecule has 12 heteroatoms. The van der Waals surface area contributed by atoms with Crippen molar-refractivity contribution in [3.8, 4) is 0 Å². The molecule has 12 nitrogen and oxygen atoms in total. The Labute approximate surface area is 203 Å². The summed E-state index contributed by atoms with van der Waals surface area (Å²) in [7, 11) is 1.23. The molecule has 2 amide bonds. The number of carboxylic acid groups (broad SMARTS) is 1. The van der Waals surface area contributed by atoms with Crippen LogP contribution in [0.2, 0.25) is 0 Å². The Hall–Kier alpha value is -3.96. The number of unbranched alkanes of at least 4 members (excludes halogenated alkanes) is 1. The molecule has 0 spiro atoms. The number of rotatable bonds is 11. The van der Waals surface area contributed by atoms with E-state index in [0.29, 0.717) is 30.5 Å². The van der Waals surface area contributed by atoms with Crippen molar-refractivity contribution in [2.75, 3.05) is 13.7 Å². The number of carboxylic acids is 1. The first-order valence-corrected chi connectivity index (χ1v) is 11.1. The van der Waals surface area contributed by atoms with Crippen molar-refractivity contribution in [2.24, 2.45) is 10.9 Å². The first kappa shape index (κ1) is 29.1. The number of amidine groups is 1. The molecule has 0 aliphatic carbocycles. The molecule has 0 fully saturated rings. The van der Waals surface area contributed by atoms with Gasteiger partial charge in [0.2, 0.25) is 11.8 Å². The van der Waals surface area contributed by atoms with Crippen molar-refractivity contribution in [3.63, 3.8) is 0 Å². The minimum atomic E-state index is -0.950. The highest BCUT2D eigenvalue weighted by Crippen LogP contribution is 2.19. The van der Waals surface area contributed by atoms with E-state index in [2.05, 4.69) is 15.8 Å². The Morgan fingerprint density at radius 3 is 2.43 bits per heavy atom. The normalized spacial score (nSPS) is 14.8. The second-order valence-corrected chi connectivity index (χ2v) is 7.73. The van der Waals surface area contributed by atoms with Gasteiger partial charge in [-0.05, 0) is 12.0 Å². The lowest BCUT2D eigenvalue weighted by Crippen LogP contribution is -2.49. The van der Waals surface area contributed by atoms with Gasteiger partial charge >= 0.3 is 5.97 Å². The van der Waals surface area contributed by atoms with Crippen LogP contribution in [0.15, 0.2) is 29.4 Å². The molecule has 0 radical (unpaired) electrons. The quantitative estimate of drug-likeness (QED) is 0.171. The van der Waals surface area contributed by atoms with Gasteiger partial charge < -0.3 is 31.0 Å². The van der Waals surface area contributed by atoms with E-state index < -0.39 is 24.1 Å². The van der Waals surface area contributed by atoms with E-state index >= 15 is 0 Å². The van der Waals surface area contributed by atoms with Gasteiger partial charge in [-0.2, -0.15) is 0 Å². The van der Waals surface area contributed by atoms with Crippen molar-refractivity contribution in [3.05, 3.63) is 35.4 Å². The zero-order chi connectivity index (χ0) is 26.4. The molecule has 2 atom stereocenters. The van der Waals surface area contributed by atoms with E-state index in [1.807, 2.05) is 6.92 Å². The number of aliphatic carboxylic acids is 1. The fourth-order valence-corrected chi connectivity index (χ4v) is 2.98. The number of amides is 2. The van der Waals surface area contributed by atoms with E-state index in [9.17, 15) is 14.4 Å². The molecule has 0 bridgehead atoms. The molecule has 1 aromatic rings. The number of nitrogens with two attached hydrogens (primary N) is 1. The van der Waals surface area contributed by atoms with Gasteiger partial charge in [-0.25, -0.2) is 4.79 Å². The minimum absolute atomic E-state index is 0.0162. The number of carbonyl (C=O) groups is 4. The second-order valence-electron chi connectivity index (χ2n) is 7.73. The Morgan fingerprint density at radius 1 is 1.26 bits per heavy atom. The van der Waals surface area contributed by atoms with Crippen molar-refractivity contribution in [1.82, 2.24) is 10.6 Å². The number of nitrogens with one attached hydrogen (secondary N) is 3. The van der Waals surface area contributed by atoms with Gasteiger partial charge in [0.1, 0.15) is 18.0 Å². The SMILES string of the molecule is CC(=O)O.CCCCC(=O)NC(CNC(=O)CC1CC(c2ccc(C(=N)N)cc2)=NO1)C(=O)OC. The standard InChI is InChI=1S/C21H29N5O5.C2H4O2/c1-3-4-5-18(27)25-17(21(29)30-2)12-24-19(28)11-15-10-16(26-31-15)13-6-8-14(9-7-13)20(22)23;1-2(3)4/h6-9,15,17H,3-5,10-12H2,1-2H3,(H3,22,23)(H,24,28)(H,25,27);1H3,(H,3,4). The molecule has 1 aliphatic heterocycles. The molecule has 0 saturated heterocycles. The van der Waals surface area contributed by atoms with E-state index in [1.165, 1.54) is 7.11 Å². The van der Waals surface area contributed by atoms with E-state index in [1.54, 1.807) is 24.3 Å². The van der Waals surface area contributed by atoms with Crippen LogP contribution in [-0.2, 0) is 28.8 Å². The summed E-state index contributed by atoms with van der Waals surface area (Å²) >= 11 is 0. The smallest absolute Gasteiger partial charge is 0.330 e. The van der Waals surface area contributed by atoms with Crippen LogP contribution in [0.1, 0.15) is 57.1 Å². The summed E-state index contributed by atoms with van der Waals surface area (Å²) < 4.78 is 4.70. The molecule has 6 N–H and O–H groups in total. The molecule has 0 saturated carbocycles. The summed E-state index contributed by atoms with van der Waals surface area (Å²) in [6, 6.07) is 6.09. The summed E-state index contributed by atoms with van der Waals surface area (Å²) in [6.07, 6.45) is 1.95. The van der Waals surface area contributed by atoms with Gasteiger partial charge in [-0.3, -0.25) is 19.8 Å². The number of oxime groups is 1. The highest BCUT2D eigenvalue weighted by Gasteiger charge is 2.26. The molecule has 1 aromatic carbocycles. The maximum Gasteiger partial charge on any atom is 0.330 e. The molecule has 2 rings (SSSR count). The summed E-state index contributed by atoms with van der Waals surface area (Å²) in [6.45, 7) is 2.98. The number of ether oxygens (including phenoxy) is 1. The number of hydrogen-bond acceptors (Lipinski definition) is 8. The Balaban J connectivity index is 0.00000142. The Morgan fingerprint density at radius 2 is 1.89 bits per heavy atom. The molecule has 192 valence electrons. The first-order chi connectivity index (χ1) is 16.6. The second kappa shape index (κ2) is 15.0. The molecular formula is C23H33N5O7. The van der Waals surface area contributed by atoms with Gasteiger partial charge in [-0.1, -0.05) is 42.8 Å². The summed E-state index contributed by atoms with van der Waals surface area (Å²) in [5, 5.41) is 24.1. The van der Waals surface area contributed by atoms with E-state index in [0.717, 1.165) is 18.9 Å². The predicted octanol–water partition coefficient (Wildman–Crippen LogP) is 0.909. The average molecular weight is 492 g/mol. The van der Waals surface area contributed by atoms with Crippen LogP contribution in [-0.4, -0.2) is 66.2 Å². The van der Waals surface area contributed by atoms with Crippen LogP contribution in [0.4, 0.5) is 0 Å². The lowest BCUT2D eigenvalue weighted by atomic mass is 10.0. The van der Waals surface area contributed by atoms with Crippen LogP contribution in [0.5, 0.6) is 0 Å². The summed E-state index contributed by atoms with van der Waals surface area (Å²) in [5.41, 5.74) is 7.59. The van der Waals surface area contributed by atoms with Crippen LogP contribution >= 0.6 is 0 Å². The topological polar surface area (TPSA) is 193 Å². The number of esters is 1. The van der Waals surface area contributed by atoms with Gasteiger partial charge in [0.05, 0.1) is 19.2 Å². The summed E-state index contributed by atoms with van der Waals surface area (Å²) in [5.74, 6) is -2.07. The van der Waals surface area contributed by atoms with E-state index in [4.69, 9.17) is 30.6 Å². The third-order valence-electron chi connectivity index (χ3n) is 4.76. The zero-order valence-corrected chi connectivity index (χ0v) is 20.1. The first-order valence-electron chi connectivity index (χ1n) is 11.1.